The van der Waals surface area contributed by atoms with Crippen molar-refractivity contribution in [1.29, 1.82) is 0 Å². The number of rotatable bonds is 1. The molecule has 0 aliphatic heterocycles. The van der Waals surface area contributed by atoms with Crippen molar-refractivity contribution in [2.75, 3.05) is 0 Å². The van der Waals surface area contributed by atoms with E-state index in [0.29, 0.717) is 5.56 Å². The van der Waals surface area contributed by atoms with Crippen molar-refractivity contribution in [2.45, 2.75) is 0 Å². The van der Waals surface area contributed by atoms with Crippen LogP contribution >= 0.6 is 12.6 Å². The maximum absolute atomic E-state index is 10.4. The lowest BCUT2D eigenvalue weighted by Crippen LogP contribution is -1.89. The summed E-state index contributed by atoms with van der Waals surface area (Å²) in [6.45, 7) is 0. The smallest absolute Gasteiger partial charge is 0.219 e. The van der Waals surface area contributed by atoms with Gasteiger partial charge in [-0.2, -0.15) is 0 Å². The molecule has 0 aliphatic carbocycles. The Hall–Kier alpha value is -0.900. The van der Waals surface area contributed by atoms with Gasteiger partial charge in [0.2, 0.25) is 5.12 Å². The van der Waals surface area contributed by atoms with Crippen LogP contribution in [0.5, 0.6) is 0 Å². The molecule has 0 aromatic carbocycles. The molecule has 0 saturated carbocycles. The summed E-state index contributed by atoms with van der Waals surface area (Å²) in [7, 11) is 0. The van der Waals surface area contributed by atoms with E-state index in [1.165, 1.54) is 18.7 Å². The molecule has 0 radical (unpaired) electrons. The standard InChI is InChI=1S/C5H4N2OS/c8-5(9)4-1-6-3-7-2-4/h1-3H,(H,8,9). The van der Waals surface area contributed by atoms with Crippen LogP contribution in [-0.4, -0.2) is 15.1 Å². The van der Waals surface area contributed by atoms with Crippen molar-refractivity contribution in [3.63, 3.8) is 0 Å². The first-order valence-corrected chi connectivity index (χ1v) is 2.74. The van der Waals surface area contributed by atoms with Gasteiger partial charge in [0.15, 0.2) is 0 Å². The van der Waals surface area contributed by atoms with Crippen LogP contribution in [0.1, 0.15) is 10.4 Å². The lowest BCUT2D eigenvalue weighted by Gasteiger charge is -1.87. The van der Waals surface area contributed by atoms with Crippen LogP contribution in [0.15, 0.2) is 18.7 Å². The highest BCUT2D eigenvalue weighted by Crippen LogP contribution is 1.96. The van der Waals surface area contributed by atoms with Gasteiger partial charge < -0.3 is 0 Å². The first kappa shape index (κ1) is 6.22. The van der Waals surface area contributed by atoms with Crippen molar-refractivity contribution >= 4 is 17.7 Å². The van der Waals surface area contributed by atoms with Crippen molar-refractivity contribution in [1.82, 2.24) is 9.97 Å². The third-order valence-corrected chi connectivity index (χ3v) is 1.07. The topological polar surface area (TPSA) is 42.9 Å². The molecule has 0 spiro atoms. The second-order valence-corrected chi connectivity index (χ2v) is 1.84. The van der Waals surface area contributed by atoms with Gasteiger partial charge in [-0.1, -0.05) is 0 Å². The minimum absolute atomic E-state index is 0.310. The Morgan fingerprint density at radius 2 is 2.00 bits per heavy atom. The van der Waals surface area contributed by atoms with Crippen LogP contribution in [0.3, 0.4) is 0 Å². The predicted octanol–water partition coefficient (Wildman–Crippen LogP) is 0.547. The fraction of sp³-hybridized carbons (Fsp3) is 0. The summed E-state index contributed by atoms with van der Waals surface area (Å²) in [4.78, 5) is 17.7. The lowest BCUT2D eigenvalue weighted by molar-refractivity contribution is 0.109. The number of aromatic nitrogens is 2. The monoisotopic (exact) mass is 140 g/mol. The third-order valence-electron chi connectivity index (χ3n) is 0.808. The SMILES string of the molecule is O=C(S)c1cncnc1. The van der Waals surface area contributed by atoms with Gasteiger partial charge >= 0.3 is 0 Å². The molecule has 1 aromatic heterocycles. The first-order chi connectivity index (χ1) is 4.30. The summed E-state index contributed by atoms with van der Waals surface area (Å²) in [5.74, 6) is 0. The van der Waals surface area contributed by atoms with Crippen LogP contribution in [0.4, 0.5) is 0 Å². The van der Waals surface area contributed by atoms with Crippen LogP contribution in [0.2, 0.25) is 0 Å². The number of carbonyl (C=O) groups is 1. The Bertz CT molecular complexity index is 211. The van der Waals surface area contributed by atoms with Crippen LogP contribution < -0.4 is 0 Å². The number of carbonyl (C=O) groups excluding carboxylic acids is 1. The first-order valence-electron chi connectivity index (χ1n) is 2.29. The molecule has 46 valence electrons. The molecular weight excluding hydrogens is 136 g/mol. The fourth-order valence-electron chi connectivity index (χ4n) is 0.410. The Morgan fingerprint density at radius 3 is 2.33 bits per heavy atom. The van der Waals surface area contributed by atoms with Gasteiger partial charge in [-0.25, -0.2) is 9.97 Å². The fourth-order valence-corrected chi connectivity index (χ4v) is 0.525. The summed E-state index contributed by atoms with van der Waals surface area (Å²) in [6.07, 6.45) is 4.20. The van der Waals surface area contributed by atoms with E-state index in [1.54, 1.807) is 0 Å². The Morgan fingerprint density at radius 1 is 1.44 bits per heavy atom. The zero-order chi connectivity index (χ0) is 6.69. The maximum atomic E-state index is 10.4. The quantitative estimate of drug-likeness (QED) is 0.579. The van der Waals surface area contributed by atoms with Crippen molar-refractivity contribution in [3.8, 4) is 0 Å². The van der Waals surface area contributed by atoms with E-state index in [2.05, 4.69) is 22.6 Å². The highest BCUT2D eigenvalue weighted by Gasteiger charge is 1.96. The van der Waals surface area contributed by atoms with Crippen molar-refractivity contribution in [3.05, 3.63) is 24.3 Å². The molecule has 0 aliphatic rings. The molecular formula is C5H4N2OS. The van der Waals surface area contributed by atoms with E-state index in [4.69, 9.17) is 0 Å². The van der Waals surface area contributed by atoms with Gasteiger partial charge in [-0.15, -0.1) is 12.6 Å². The molecule has 9 heavy (non-hydrogen) atoms. The molecule has 1 aromatic rings. The lowest BCUT2D eigenvalue weighted by atomic mass is 10.4. The van der Waals surface area contributed by atoms with E-state index in [0.717, 1.165) is 0 Å². The van der Waals surface area contributed by atoms with Crippen LogP contribution in [0.25, 0.3) is 0 Å². The Balaban J connectivity index is 2.98. The minimum atomic E-state index is -0.310. The Kier molecular flexibility index (Phi) is 1.79. The zero-order valence-electron chi connectivity index (χ0n) is 4.48. The van der Waals surface area contributed by atoms with Crippen LogP contribution in [0, 0.1) is 0 Å². The average Bonchev–Trinajstić information content (AvgIpc) is 1.90. The largest absolute Gasteiger partial charge is 0.282 e. The minimum Gasteiger partial charge on any atom is -0.282 e. The molecule has 0 saturated heterocycles. The van der Waals surface area contributed by atoms with Gasteiger partial charge in [0, 0.05) is 12.4 Å². The molecule has 0 fully saturated rings. The Labute approximate surface area is 57.6 Å². The number of hydrogen-bond acceptors (Lipinski definition) is 3. The second-order valence-electron chi connectivity index (χ2n) is 1.43. The van der Waals surface area contributed by atoms with Gasteiger partial charge in [-0.05, 0) is 0 Å². The molecule has 0 bridgehead atoms. The molecule has 1 heterocycles. The average molecular weight is 140 g/mol. The molecule has 0 unspecified atom stereocenters. The number of thiol groups is 1. The van der Waals surface area contributed by atoms with E-state index in [1.807, 2.05) is 0 Å². The molecule has 4 heteroatoms. The second kappa shape index (κ2) is 2.59. The predicted molar refractivity (Wildman–Crippen MR) is 35.3 cm³/mol. The van der Waals surface area contributed by atoms with Crippen LogP contribution in [-0.2, 0) is 0 Å². The molecule has 0 atom stereocenters. The summed E-state index contributed by atoms with van der Waals surface area (Å²) >= 11 is 3.57. The van der Waals surface area contributed by atoms with Crippen molar-refractivity contribution < 1.29 is 4.79 Å². The van der Waals surface area contributed by atoms with E-state index >= 15 is 0 Å². The normalized spacial score (nSPS) is 9.00. The van der Waals surface area contributed by atoms with E-state index in [9.17, 15) is 4.79 Å². The maximum Gasteiger partial charge on any atom is 0.219 e. The number of hydrogen-bond donors (Lipinski definition) is 1. The molecule has 3 nitrogen and oxygen atoms in total. The molecule has 0 N–H and O–H groups in total. The molecule has 0 amide bonds. The van der Waals surface area contributed by atoms with Gasteiger partial charge in [0.25, 0.3) is 0 Å². The summed E-state index contributed by atoms with van der Waals surface area (Å²) in [5, 5.41) is -0.310. The zero-order valence-corrected chi connectivity index (χ0v) is 5.38. The summed E-state index contributed by atoms with van der Waals surface area (Å²) in [5.41, 5.74) is 0.417. The summed E-state index contributed by atoms with van der Waals surface area (Å²) < 4.78 is 0. The third kappa shape index (κ3) is 1.50. The highest BCUT2D eigenvalue weighted by molar-refractivity contribution is 7.97. The van der Waals surface area contributed by atoms with Gasteiger partial charge in [0.1, 0.15) is 6.33 Å². The van der Waals surface area contributed by atoms with E-state index in [-0.39, 0.29) is 5.12 Å². The van der Waals surface area contributed by atoms with E-state index < -0.39 is 0 Å². The number of nitrogens with zero attached hydrogens (tertiary/aromatic N) is 2. The van der Waals surface area contributed by atoms with Crippen molar-refractivity contribution in [2.24, 2.45) is 0 Å². The van der Waals surface area contributed by atoms with Gasteiger partial charge in [-0.3, -0.25) is 4.79 Å². The van der Waals surface area contributed by atoms with Gasteiger partial charge in [0.05, 0.1) is 5.56 Å². The summed E-state index contributed by atoms with van der Waals surface area (Å²) in [6, 6.07) is 0. The molecule has 1 rings (SSSR count). The highest BCUT2D eigenvalue weighted by atomic mass is 32.1.